The van der Waals surface area contributed by atoms with Gasteiger partial charge in [-0.15, -0.1) is 0 Å². The predicted molar refractivity (Wildman–Crippen MR) is 115 cm³/mol. The SMILES string of the molecule is C/C=C/SSCCCCCCNC(=O)C1CCN(S(=O)(=O)C(C)C)CC1. The average molecular weight is 423 g/mol. The molecule has 1 aliphatic heterocycles. The molecule has 0 saturated carbocycles. The Morgan fingerprint density at radius 1 is 1.19 bits per heavy atom. The van der Waals surface area contributed by atoms with E-state index in [-0.39, 0.29) is 11.8 Å². The maximum Gasteiger partial charge on any atom is 0.223 e. The summed E-state index contributed by atoms with van der Waals surface area (Å²) in [6, 6.07) is 0. The van der Waals surface area contributed by atoms with Gasteiger partial charge in [0.15, 0.2) is 0 Å². The first-order valence-corrected chi connectivity index (χ1v) is 13.4. The van der Waals surface area contributed by atoms with Gasteiger partial charge >= 0.3 is 0 Å². The standard InChI is InChI=1S/C18H34N2O3S3/c1-4-14-24-25-15-8-6-5-7-11-19-18(21)17-9-12-20(13-10-17)26(22,23)16(2)3/h4,14,16-17H,5-13,15H2,1-3H3,(H,19,21)/b14-4+. The third kappa shape index (κ3) is 8.67. The quantitative estimate of drug-likeness (QED) is 0.380. The Balaban J connectivity index is 2.09. The number of hydrogen-bond donors (Lipinski definition) is 1. The number of unbranched alkanes of at least 4 members (excludes halogenated alkanes) is 3. The summed E-state index contributed by atoms with van der Waals surface area (Å²) in [5.41, 5.74) is 0. The first kappa shape index (κ1) is 23.9. The fraction of sp³-hybridized carbons (Fsp3) is 0.833. The number of sulfonamides is 1. The van der Waals surface area contributed by atoms with Crippen molar-refractivity contribution in [1.29, 1.82) is 0 Å². The van der Waals surface area contributed by atoms with Crippen molar-refractivity contribution >= 4 is 37.5 Å². The van der Waals surface area contributed by atoms with Crippen LogP contribution in [0.3, 0.4) is 0 Å². The Morgan fingerprint density at radius 2 is 1.85 bits per heavy atom. The third-order valence-electron chi connectivity index (χ3n) is 4.49. The molecule has 1 aliphatic rings. The number of amides is 1. The van der Waals surface area contributed by atoms with E-state index in [9.17, 15) is 13.2 Å². The molecular formula is C18H34N2O3S3. The van der Waals surface area contributed by atoms with Gasteiger partial charge < -0.3 is 5.32 Å². The molecule has 0 bridgehead atoms. The highest BCUT2D eigenvalue weighted by Gasteiger charge is 2.32. The van der Waals surface area contributed by atoms with E-state index in [1.165, 1.54) is 22.9 Å². The number of allylic oxidation sites excluding steroid dienone is 1. The fourth-order valence-electron chi connectivity index (χ4n) is 2.81. The molecule has 5 nitrogen and oxygen atoms in total. The number of hydrogen-bond acceptors (Lipinski definition) is 5. The zero-order chi connectivity index (χ0) is 19.4. The summed E-state index contributed by atoms with van der Waals surface area (Å²) < 4.78 is 25.8. The number of carbonyl (C=O) groups is 1. The van der Waals surface area contributed by atoms with Gasteiger partial charge in [-0.3, -0.25) is 4.79 Å². The molecule has 0 spiro atoms. The van der Waals surface area contributed by atoms with Gasteiger partial charge in [-0.05, 0) is 51.9 Å². The highest BCUT2D eigenvalue weighted by atomic mass is 33.1. The molecule has 152 valence electrons. The molecular weight excluding hydrogens is 388 g/mol. The molecule has 26 heavy (non-hydrogen) atoms. The molecule has 0 aromatic rings. The minimum absolute atomic E-state index is 0.0475. The summed E-state index contributed by atoms with van der Waals surface area (Å²) in [5, 5.41) is 4.73. The number of nitrogens with zero attached hydrogens (tertiary/aromatic N) is 1. The van der Waals surface area contributed by atoms with Crippen LogP contribution in [0.4, 0.5) is 0 Å². The van der Waals surface area contributed by atoms with E-state index in [1.54, 1.807) is 24.6 Å². The Morgan fingerprint density at radius 3 is 2.46 bits per heavy atom. The van der Waals surface area contributed by atoms with E-state index < -0.39 is 15.3 Å². The van der Waals surface area contributed by atoms with Gasteiger partial charge in [0, 0.05) is 31.3 Å². The van der Waals surface area contributed by atoms with Gasteiger partial charge in [-0.1, -0.05) is 40.5 Å². The maximum absolute atomic E-state index is 12.2. The van der Waals surface area contributed by atoms with Gasteiger partial charge in [-0.25, -0.2) is 12.7 Å². The summed E-state index contributed by atoms with van der Waals surface area (Å²) in [5.74, 6) is 1.21. The molecule has 0 unspecified atom stereocenters. The van der Waals surface area contributed by atoms with Crippen LogP contribution < -0.4 is 5.32 Å². The lowest BCUT2D eigenvalue weighted by molar-refractivity contribution is -0.126. The van der Waals surface area contributed by atoms with E-state index in [2.05, 4.69) is 10.7 Å². The second-order valence-corrected chi connectivity index (χ2v) is 11.7. The molecule has 0 aromatic heterocycles. The summed E-state index contributed by atoms with van der Waals surface area (Å²) >= 11 is 0. The zero-order valence-corrected chi connectivity index (χ0v) is 18.7. The lowest BCUT2D eigenvalue weighted by Crippen LogP contribution is -2.45. The first-order chi connectivity index (χ1) is 12.4. The molecule has 1 heterocycles. The highest BCUT2D eigenvalue weighted by molar-refractivity contribution is 8.77. The van der Waals surface area contributed by atoms with Crippen molar-refractivity contribution in [2.24, 2.45) is 5.92 Å². The summed E-state index contributed by atoms with van der Waals surface area (Å²) in [6.45, 7) is 7.08. The minimum Gasteiger partial charge on any atom is -0.356 e. The highest BCUT2D eigenvalue weighted by Crippen LogP contribution is 2.24. The van der Waals surface area contributed by atoms with Crippen LogP contribution in [0.1, 0.15) is 59.3 Å². The van der Waals surface area contributed by atoms with Crippen molar-refractivity contribution in [3.05, 3.63) is 11.5 Å². The van der Waals surface area contributed by atoms with Crippen LogP contribution in [0, 0.1) is 5.92 Å². The largest absolute Gasteiger partial charge is 0.356 e. The summed E-state index contributed by atoms with van der Waals surface area (Å²) in [4.78, 5) is 12.2. The van der Waals surface area contributed by atoms with Crippen molar-refractivity contribution in [1.82, 2.24) is 9.62 Å². The molecule has 0 atom stereocenters. The van der Waals surface area contributed by atoms with E-state index in [1.807, 2.05) is 23.8 Å². The van der Waals surface area contributed by atoms with Crippen molar-refractivity contribution in [2.75, 3.05) is 25.4 Å². The first-order valence-electron chi connectivity index (χ1n) is 9.55. The molecule has 0 aliphatic carbocycles. The third-order valence-corrected chi connectivity index (χ3v) is 8.99. The molecule has 1 fully saturated rings. The predicted octanol–water partition coefficient (Wildman–Crippen LogP) is 4.03. The number of rotatable bonds is 12. The minimum atomic E-state index is -3.19. The van der Waals surface area contributed by atoms with Crippen LogP contribution in [0.5, 0.6) is 0 Å². The molecule has 0 aromatic carbocycles. The Labute approximate surface area is 167 Å². The van der Waals surface area contributed by atoms with E-state index in [0.717, 1.165) is 19.4 Å². The molecule has 8 heteroatoms. The Hall–Kier alpha value is -0.180. The average Bonchev–Trinajstić information content (AvgIpc) is 2.63. The monoisotopic (exact) mass is 422 g/mol. The van der Waals surface area contributed by atoms with Crippen LogP contribution in [0.2, 0.25) is 0 Å². The van der Waals surface area contributed by atoms with Crippen LogP contribution in [-0.2, 0) is 14.8 Å². The summed E-state index contributed by atoms with van der Waals surface area (Å²) in [7, 11) is 0.473. The molecule has 1 amide bonds. The Kier molecular flexibility index (Phi) is 12.0. The Bertz CT molecular complexity index is 528. The molecule has 0 radical (unpaired) electrons. The van der Waals surface area contributed by atoms with Crippen molar-refractivity contribution in [3.63, 3.8) is 0 Å². The topological polar surface area (TPSA) is 66.5 Å². The number of nitrogens with one attached hydrogen (secondary N) is 1. The van der Waals surface area contributed by atoms with Gasteiger partial charge in [0.05, 0.1) is 5.25 Å². The molecule has 1 saturated heterocycles. The molecule has 1 N–H and O–H groups in total. The number of carbonyl (C=O) groups excluding carboxylic acids is 1. The normalized spacial score (nSPS) is 17.2. The lowest BCUT2D eigenvalue weighted by atomic mass is 9.97. The number of piperidine rings is 1. The van der Waals surface area contributed by atoms with E-state index >= 15 is 0 Å². The van der Waals surface area contributed by atoms with Gasteiger partial charge in [-0.2, -0.15) is 0 Å². The van der Waals surface area contributed by atoms with Crippen LogP contribution in [0.15, 0.2) is 11.5 Å². The van der Waals surface area contributed by atoms with Crippen molar-refractivity contribution < 1.29 is 13.2 Å². The fourth-order valence-corrected chi connectivity index (χ4v) is 5.94. The van der Waals surface area contributed by atoms with Crippen LogP contribution in [0.25, 0.3) is 0 Å². The maximum atomic E-state index is 12.2. The summed E-state index contributed by atoms with van der Waals surface area (Å²) in [6.07, 6.45) is 7.86. The van der Waals surface area contributed by atoms with E-state index in [4.69, 9.17) is 0 Å². The zero-order valence-electron chi connectivity index (χ0n) is 16.3. The van der Waals surface area contributed by atoms with Crippen LogP contribution in [-0.4, -0.2) is 49.3 Å². The smallest absolute Gasteiger partial charge is 0.223 e. The van der Waals surface area contributed by atoms with Gasteiger partial charge in [0.1, 0.15) is 0 Å². The molecule has 1 rings (SSSR count). The van der Waals surface area contributed by atoms with Crippen molar-refractivity contribution in [2.45, 2.75) is 64.5 Å². The van der Waals surface area contributed by atoms with E-state index in [0.29, 0.717) is 25.9 Å². The van der Waals surface area contributed by atoms with Crippen LogP contribution >= 0.6 is 21.6 Å². The van der Waals surface area contributed by atoms with Gasteiger partial charge in [0.25, 0.3) is 0 Å². The van der Waals surface area contributed by atoms with Gasteiger partial charge in [0.2, 0.25) is 15.9 Å². The van der Waals surface area contributed by atoms with Crippen molar-refractivity contribution in [3.8, 4) is 0 Å². The lowest BCUT2D eigenvalue weighted by Gasteiger charge is -2.31. The second-order valence-electron chi connectivity index (χ2n) is 6.86. The second kappa shape index (κ2) is 13.1.